The zero-order valence-corrected chi connectivity index (χ0v) is 11.7. The number of unbranched alkanes of at least 4 members (excludes halogenated alkanes) is 5. The molecule has 0 spiro atoms. The molecule has 0 unspecified atom stereocenters. The van der Waals surface area contributed by atoms with Gasteiger partial charge in [0.05, 0.1) is 0 Å². The molecular formula is C17H26O. The van der Waals surface area contributed by atoms with Gasteiger partial charge in [-0.25, -0.2) is 0 Å². The smallest absolute Gasteiger partial charge is 0.120 e. The lowest BCUT2D eigenvalue weighted by Gasteiger charge is -2.18. The molecule has 100 valence electrons. The second-order valence-corrected chi connectivity index (χ2v) is 5.62. The van der Waals surface area contributed by atoms with Crippen molar-refractivity contribution in [3.05, 3.63) is 30.3 Å². The van der Waals surface area contributed by atoms with Crippen molar-refractivity contribution in [2.24, 2.45) is 0 Å². The third-order valence-electron chi connectivity index (χ3n) is 3.87. The molecule has 1 aliphatic rings. The third kappa shape index (κ3) is 4.36. The summed E-state index contributed by atoms with van der Waals surface area (Å²) in [5, 5.41) is 0. The lowest BCUT2D eigenvalue weighted by Crippen LogP contribution is -2.17. The normalized spacial score (nSPS) is 16.5. The van der Waals surface area contributed by atoms with E-state index in [2.05, 4.69) is 31.2 Å². The molecule has 1 fully saturated rings. The fourth-order valence-electron chi connectivity index (χ4n) is 2.51. The van der Waals surface area contributed by atoms with Crippen molar-refractivity contribution in [1.82, 2.24) is 0 Å². The summed E-state index contributed by atoms with van der Waals surface area (Å²) in [6.07, 6.45) is 12.0. The first kappa shape index (κ1) is 13.5. The van der Waals surface area contributed by atoms with Gasteiger partial charge < -0.3 is 4.74 Å². The topological polar surface area (TPSA) is 9.23 Å². The van der Waals surface area contributed by atoms with Crippen molar-refractivity contribution < 1.29 is 4.74 Å². The molecule has 0 aliphatic heterocycles. The summed E-state index contributed by atoms with van der Waals surface area (Å²) in [6, 6.07) is 10.3. The highest BCUT2D eigenvalue weighted by Crippen LogP contribution is 2.44. The van der Waals surface area contributed by atoms with Gasteiger partial charge in [0.15, 0.2) is 0 Å². The number of hydrogen-bond acceptors (Lipinski definition) is 1. The van der Waals surface area contributed by atoms with E-state index in [9.17, 15) is 0 Å². The molecule has 18 heavy (non-hydrogen) atoms. The van der Waals surface area contributed by atoms with Crippen LogP contribution in [0.2, 0.25) is 0 Å². The molecule has 1 aromatic rings. The van der Waals surface area contributed by atoms with Crippen LogP contribution in [0.3, 0.4) is 0 Å². The molecule has 0 atom stereocenters. The molecule has 0 aromatic heterocycles. The highest BCUT2D eigenvalue weighted by atomic mass is 16.5. The predicted octanol–water partition coefficient (Wildman–Crippen LogP) is 5.35. The highest BCUT2D eigenvalue weighted by Gasteiger charge is 2.44. The molecule has 1 aliphatic carbocycles. The van der Waals surface area contributed by atoms with Gasteiger partial charge in [0.25, 0.3) is 0 Å². The van der Waals surface area contributed by atoms with E-state index in [0.717, 1.165) is 5.75 Å². The average molecular weight is 246 g/mol. The fraction of sp³-hybridized carbons (Fsp3) is 0.647. The maximum atomic E-state index is 6.14. The van der Waals surface area contributed by atoms with Crippen molar-refractivity contribution in [1.29, 1.82) is 0 Å². The molecule has 1 heteroatoms. The molecule has 2 rings (SSSR count). The van der Waals surface area contributed by atoms with Gasteiger partial charge in [-0.05, 0) is 37.8 Å². The molecule has 1 aromatic carbocycles. The fourth-order valence-corrected chi connectivity index (χ4v) is 2.51. The average Bonchev–Trinajstić information content (AvgIpc) is 3.15. The minimum Gasteiger partial charge on any atom is -0.487 e. The van der Waals surface area contributed by atoms with Crippen LogP contribution in [0.4, 0.5) is 0 Å². The molecule has 1 nitrogen and oxygen atoms in total. The van der Waals surface area contributed by atoms with E-state index in [1.54, 1.807) is 0 Å². The maximum Gasteiger partial charge on any atom is 0.120 e. The van der Waals surface area contributed by atoms with Crippen molar-refractivity contribution in [3.63, 3.8) is 0 Å². The summed E-state index contributed by atoms with van der Waals surface area (Å²) in [6.45, 7) is 2.27. The number of hydrogen-bond donors (Lipinski definition) is 0. The van der Waals surface area contributed by atoms with E-state index in [4.69, 9.17) is 4.74 Å². The molecule has 0 radical (unpaired) electrons. The van der Waals surface area contributed by atoms with Gasteiger partial charge in [-0.1, -0.05) is 57.2 Å². The molecule has 0 N–H and O–H groups in total. The van der Waals surface area contributed by atoms with E-state index >= 15 is 0 Å². The number of rotatable bonds is 9. The quantitative estimate of drug-likeness (QED) is 0.534. The Morgan fingerprint density at radius 3 is 2.28 bits per heavy atom. The van der Waals surface area contributed by atoms with Gasteiger partial charge >= 0.3 is 0 Å². The Bertz CT molecular complexity index is 327. The van der Waals surface area contributed by atoms with Gasteiger partial charge in [-0.2, -0.15) is 0 Å². The van der Waals surface area contributed by atoms with Crippen molar-refractivity contribution in [2.45, 2.75) is 70.3 Å². The number of benzene rings is 1. The van der Waals surface area contributed by atoms with Gasteiger partial charge in [0.2, 0.25) is 0 Å². The Morgan fingerprint density at radius 2 is 1.61 bits per heavy atom. The van der Waals surface area contributed by atoms with Crippen LogP contribution in [0.15, 0.2) is 30.3 Å². The van der Waals surface area contributed by atoms with Crippen LogP contribution in [0.25, 0.3) is 0 Å². The Morgan fingerprint density at radius 1 is 0.944 bits per heavy atom. The van der Waals surface area contributed by atoms with Gasteiger partial charge in [-0.3, -0.25) is 0 Å². The largest absolute Gasteiger partial charge is 0.487 e. The summed E-state index contributed by atoms with van der Waals surface area (Å²) in [5.74, 6) is 1.04. The third-order valence-corrected chi connectivity index (χ3v) is 3.87. The molecule has 0 bridgehead atoms. The number of ether oxygens (including phenoxy) is 1. The lowest BCUT2D eigenvalue weighted by molar-refractivity contribution is 0.164. The second kappa shape index (κ2) is 6.82. The summed E-state index contributed by atoms with van der Waals surface area (Å²) >= 11 is 0. The van der Waals surface area contributed by atoms with Gasteiger partial charge in [0, 0.05) is 0 Å². The van der Waals surface area contributed by atoms with Crippen LogP contribution in [-0.4, -0.2) is 5.60 Å². The van der Waals surface area contributed by atoms with Crippen LogP contribution < -0.4 is 4.74 Å². The first-order chi connectivity index (χ1) is 8.85. The summed E-state index contributed by atoms with van der Waals surface area (Å²) in [5.41, 5.74) is 0.201. The monoisotopic (exact) mass is 246 g/mol. The van der Waals surface area contributed by atoms with Gasteiger partial charge in [0.1, 0.15) is 11.4 Å². The summed E-state index contributed by atoms with van der Waals surface area (Å²) in [4.78, 5) is 0. The standard InChI is InChI=1S/C17H26O/c1-2-3-4-5-6-10-13-17(14-15-17)18-16-11-8-7-9-12-16/h7-9,11-12H,2-6,10,13-15H2,1H3. The number of para-hydroxylation sites is 1. The van der Waals surface area contributed by atoms with E-state index in [0.29, 0.717) is 0 Å². The summed E-state index contributed by atoms with van der Waals surface area (Å²) in [7, 11) is 0. The van der Waals surface area contributed by atoms with E-state index in [-0.39, 0.29) is 5.60 Å². The zero-order valence-electron chi connectivity index (χ0n) is 11.7. The zero-order chi connectivity index (χ0) is 12.7. The van der Waals surface area contributed by atoms with Crippen LogP contribution in [0, 0.1) is 0 Å². The van der Waals surface area contributed by atoms with Crippen LogP contribution >= 0.6 is 0 Å². The lowest BCUT2D eigenvalue weighted by atomic mass is 10.1. The molecular weight excluding hydrogens is 220 g/mol. The molecule has 0 saturated heterocycles. The van der Waals surface area contributed by atoms with Crippen LogP contribution in [0.1, 0.15) is 64.7 Å². The Balaban J connectivity index is 1.63. The molecule has 1 saturated carbocycles. The SMILES string of the molecule is CCCCCCCCC1(Oc2ccccc2)CC1. The van der Waals surface area contributed by atoms with Crippen LogP contribution in [-0.2, 0) is 0 Å². The minimum absolute atomic E-state index is 0.201. The molecule has 0 heterocycles. The summed E-state index contributed by atoms with van der Waals surface area (Å²) < 4.78 is 6.14. The first-order valence-electron chi connectivity index (χ1n) is 7.59. The van der Waals surface area contributed by atoms with Crippen molar-refractivity contribution in [3.8, 4) is 5.75 Å². The Hall–Kier alpha value is -0.980. The maximum absolute atomic E-state index is 6.14. The second-order valence-electron chi connectivity index (χ2n) is 5.62. The molecule has 0 amide bonds. The Labute approximate surface area is 112 Å². The van der Waals surface area contributed by atoms with E-state index in [1.165, 1.54) is 57.8 Å². The highest BCUT2D eigenvalue weighted by molar-refractivity contribution is 5.23. The minimum atomic E-state index is 0.201. The van der Waals surface area contributed by atoms with Crippen molar-refractivity contribution in [2.75, 3.05) is 0 Å². The van der Waals surface area contributed by atoms with Crippen LogP contribution in [0.5, 0.6) is 5.75 Å². The van der Waals surface area contributed by atoms with Crippen molar-refractivity contribution >= 4 is 0 Å². The van der Waals surface area contributed by atoms with Gasteiger partial charge in [-0.15, -0.1) is 0 Å². The Kier molecular flexibility index (Phi) is 5.10. The predicted molar refractivity (Wildman–Crippen MR) is 77.0 cm³/mol. The van der Waals surface area contributed by atoms with E-state index in [1.807, 2.05) is 6.07 Å². The first-order valence-corrected chi connectivity index (χ1v) is 7.59. The van der Waals surface area contributed by atoms with E-state index < -0.39 is 0 Å².